The van der Waals surface area contributed by atoms with Crippen LogP contribution in [-0.4, -0.2) is 38.8 Å². The van der Waals surface area contributed by atoms with Gasteiger partial charge in [-0.05, 0) is 66.5 Å². The zero-order valence-electron chi connectivity index (χ0n) is 18.8. The van der Waals surface area contributed by atoms with Crippen LogP contribution in [0.1, 0.15) is 32.8 Å². The summed E-state index contributed by atoms with van der Waals surface area (Å²) in [5, 5.41) is 3.57. The third-order valence-electron chi connectivity index (χ3n) is 6.24. The first-order valence-corrected chi connectivity index (χ1v) is 13.6. The Morgan fingerprint density at radius 3 is 2.07 bits per heavy atom. The van der Waals surface area contributed by atoms with Crippen molar-refractivity contribution in [2.75, 3.05) is 25.0 Å². The Hall–Kier alpha value is -1.92. The maximum atomic E-state index is 13.3. The summed E-state index contributed by atoms with van der Waals surface area (Å²) < 4.78 is 32.9. The van der Waals surface area contributed by atoms with Gasteiger partial charge in [-0.3, -0.25) is 4.90 Å². The molecule has 1 heterocycles. The van der Waals surface area contributed by atoms with E-state index >= 15 is 0 Å². The molecule has 0 saturated carbocycles. The minimum Gasteiger partial charge on any atom is -0.544 e. The van der Waals surface area contributed by atoms with Gasteiger partial charge in [0.15, 0.2) is 0 Å². The number of benzene rings is 2. The topological polar surface area (TPSA) is 24.5 Å². The lowest BCUT2D eigenvalue weighted by molar-refractivity contribution is 0.0123. The van der Waals surface area contributed by atoms with Gasteiger partial charge in [-0.2, -0.15) is 0 Å². The molecule has 0 aliphatic carbocycles. The van der Waals surface area contributed by atoms with Gasteiger partial charge in [0.2, 0.25) is 8.32 Å². The second-order valence-corrected chi connectivity index (χ2v) is 14.6. The van der Waals surface area contributed by atoms with Crippen LogP contribution in [0.3, 0.4) is 0 Å². The highest BCUT2D eigenvalue weighted by Gasteiger charge is 2.39. The standard InChI is InChI=1S/C24H34F2N2OSi/c1-23(2,3)30(4,5)29-22-12-10-21(11-13-22)27-20-8-6-19(7-9-20)14-16-28-17-15-24(25,26)18-28/h6-13,27H,14-18H2,1-5H3. The molecule has 1 saturated heterocycles. The third-order valence-corrected chi connectivity index (χ3v) is 10.6. The van der Waals surface area contributed by atoms with Crippen LogP contribution in [0.4, 0.5) is 20.2 Å². The fourth-order valence-electron chi connectivity index (χ4n) is 3.26. The van der Waals surface area contributed by atoms with Crippen LogP contribution in [0.25, 0.3) is 0 Å². The van der Waals surface area contributed by atoms with Crippen LogP contribution in [0.5, 0.6) is 5.75 Å². The molecule has 0 radical (unpaired) electrons. The van der Waals surface area contributed by atoms with Crippen molar-refractivity contribution in [1.29, 1.82) is 0 Å². The van der Waals surface area contributed by atoms with Gasteiger partial charge in [0.25, 0.3) is 5.92 Å². The maximum absolute atomic E-state index is 13.3. The van der Waals surface area contributed by atoms with Crippen LogP contribution < -0.4 is 9.74 Å². The van der Waals surface area contributed by atoms with Crippen molar-refractivity contribution in [3.05, 3.63) is 54.1 Å². The highest BCUT2D eigenvalue weighted by atomic mass is 28.4. The number of halogens is 2. The predicted molar refractivity (Wildman–Crippen MR) is 124 cm³/mol. The molecule has 1 aliphatic rings. The fraction of sp³-hybridized carbons (Fsp3) is 0.500. The molecule has 30 heavy (non-hydrogen) atoms. The number of likely N-dealkylation sites (tertiary alicyclic amines) is 1. The molecule has 0 atom stereocenters. The predicted octanol–water partition coefficient (Wildman–Crippen LogP) is 6.70. The van der Waals surface area contributed by atoms with Crippen LogP contribution in [0, 0.1) is 0 Å². The summed E-state index contributed by atoms with van der Waals surface area (Å²) in [4.78, 5) is 1.85. The smallest absolute Gasteiger partial charge is 0.261 e. The quantitative estimate of drug-likeness (QED) is 0.493. The van der Waals surface area contributed by atoms with Crippen molar-refractivity contribution in [2.24, 2.45) is 0 Å². The molecule has 1 fully saturated rings. The van der Waals surface area contributed by atoms with Crippen molar-refractivity contribution in [3.8, 4) is 5.75 Å². The summed E-state index contributed by atoms with van der Waals surface area (Å²) >= 11 is 0. The summed E-state index contributed by atoms with van der Waals surface area (Å²) in [7, 11) is -1.83. The average molecular weight is 433 g/mol. The van der Waals surface area contributed by atoms with Crippen molar-refractivity contribution in [3.63, 3.8) is 0 Å². The molecule has 2 aromatic rings. The summed E-state index contributed by atoms with van der Waals surface area (Å²) in [6.45, 7) is 12.3. The van der Waals surface area contributed by atoms with E-state index in [0.717, 1.165) is 29.1 Å². The van der Waals surface area contributed by atoms with Crippen LogP contribution in [-0.2, 0) is 6.42 Å². The van der Waals surface area contributed by atoms with Crippen LogP contribution in [0.15, 0.2) is 48.5 Å². The van der Waals surface area contributed by atoms with E-state index in [2.05, 4.69) is 51.3 Å². The molecule has 164 valence electrons. The van der Waals surface area contributed by atoms with E-state index in [-0.39, 0.29) is 18.0 Å². The number of hydrogen-bond acceptors (Lipinski definition) is 3. The summed E-state index contributed by atoms with van der Waals surface area (Å²) in [5.41, 5.74) is 3.17. The van der Waals surface area contributed by atoms with Crippen LogP contribution >= 0.6 is 0 Å². The van der Waals surface area contributed by atoms with E-state index in [4.69, 9.17) is 4.43 Å². The molecule has 2 aromatic carbocycles. The Morgan fingerprint density at radius 1 is 1.00 bits per heavy atom. The Bertz CT molecular complexity index is 830. The second-order valence-electron chi connectivity index (χ2n) is 9.84. The van der Waals surface area contributed by atoms with E-state index in [1.54, 1.807) is 0 Å². The number of nitrogens with one attached hydrogen (secondary N) is 1. The highest BCUT2D eigenvalue weighted by molar-refractivity contribution is 6.74. The van der Waals surface area contributed by atoms with Gasteiger partial charge < -0.3 is 9.74 Å². The lowest BCUT2D eigenvalue weighted by Gasteiger charge is -2.36. The molecular formula is C24H34F2N2OSi. The minimum atomic E-state index is -2.51. The number of rotatable bonds is 7. The summed E-state index contributed by atoms with van der Waals surface area (Å²) in [6, 6.07) is 16.3. The molecule has 0 spiro atoms. The van der Waals surface area contributed by atoms with E-state index in [1.807, 2.05) is 41.3 Å². The lowest BCUT2D eigenvalue weighted by atomic mass is 10.1. The second kappa shape index (κ2) is 8.67. The van der Waals surface area contributed by atoms with Gasteiger partial charge in [-0.25, -0.2) is 8.78 Å². The molecule has 0 bridgehead atoms. The molecule has 0 unspecified atom stereocenters. The first-order chi connectivity index (χ1) is 13.9. The number of nitrogens with zero attached hydrogens (tertiary/aromatic N) is 1. The number of hydrogen-bond donors (Lipinski definition) is 1. The van der Waals surface area contributed by atoms with Gasteiger partial charge in [0, 0.05) is 30.9 Å². The minimum absolute atomic E-state index is 0.0183. The van der Waals surface area contributed by atoms with Gasteiger partial charge >= 0.3 is 0 Å². The number of anilines is 2. The van der Waals surface area contributed by atoms with Crippen molar-refractivity contribution < 1.29 is 13.2 Å². The SMILES string of the molecule is CC(C)(C)[Si](C)(C)Oc1ccc(Nc2ccc(CCN3CCC(F)(F)C3)cc2)cc1. The Labute approximate surface area is 180 Å². The van der Waals surface area contributed by atoms with E-state index in [1.165, 1.54) is 0 Å². The highest BCUT2D eigenvalue weighted by Crippen LogP contribution is 2.37. The zero-order valence-corrected chi connectivity index (χ0v) is 19.8. The van der Waals surface area contributed by atoms with Crippen molar-refractivity contribution >= 4 is 19.7 Å². The molecule has 3 nitrogen and oxygen atoms in total. The molecule has 1 aliphatic heterocycles. The first-order valence-electron chi connectivity index (χ1n) is 10.7. The molecule has 3 rings (SSSR count). The normalized spacial score (nSPS) is 17.2. The van der Waals surface area contributed by atoms with Crippen molar-refractivity contribution in [1.82, 2.24) is 4.90 Å². The average Bonchev–Trinajstić information content (AvgIpc) is 3.00. The monoisotopic (exact) mass is 432 g/mol. The largest absolute Gasteiger partial charge is 0.544 e. The van der Waals surface area contributed by atoms with Gasteiger partial charge in [0.05, 0.1) is 6.54 Å². The van der Waals surface area contributed by atoms with E-state index in [0.29, 0.717) is 13.1 Å². The van der Waals surface area contributed by atoms with Crippen LogP contribution in [0.2, 0.25) is 18.1 Å². The molecular weight excluding hydrogens is 398 g/mol. The summed E-state index contributed by atoms with van der Waals surface area (Å²) in [6.07, 6.45) is 0.769. The van der Waals surface area contributed by atoms with E-state index in [9.17, 15) is 8.78 Å². The molecule has 0 amide bonds. The molecule has 0 aromatic heterocycles. The lowest BCUT2D eigenvalue weighted by Crippen LogP contribution is -2.43. The number of alkyl halides is 2. The Kier molecular flexibility index (Phi) is 6.58. The van der Waals surface area contributed by atoms with Gasteiger partial charge in [-0.15, -0.1) is 0 Å². The Balaban J connectivity index is 1.52. The molecule has 6 heteroatoms. The fourth-order valence-corrected chi connectivity index (χ4v) is 4.29. The Morgan fingerprint density at radius 2 is 1.57 bits per heavy atom. The van der Waals surface area contributed by atoms with Crippen molar-refractivity contribution in [2.45, 2.75) is 57.7 Å². The molecule has 1 N–H and O–H groups in total. The maximum Gasteiger partial charge on any atom is 0.261 e. The summed E-state index contributed by atoms with van der Waals surface area (Å²) in [5.74, 6) is -1.60. The first kappa shape index (κ1) is 22.8. The van der Waals surface area contributed by atoms with Gasteiger partial charge in [0.1, 0.15) is 5.75 Å². The van der Waals surface area contributed by atoms with Gasteiger partial charge in [-0.1, -0.05) is 32.9 Å². The third kappa shape index (κ3) is 6.05. The van der Waals surface area contributed by atoms with E-state index < -0.39 is 14.2 Å². The zero-order chi connectivity index (χ0) is 22.0.